The lowest BCUT2D eigenvalue weighted by Crippen LogP contribution is -2.27. The van der Waals surface area contributed by atoms with Crippen molar-refractivity contribution in [1.82, 2.24) is 14.9 Å². The van der Waals surface area contributed by atoms with E-state index < -0.39 is 0 Å². The molecule has 2 N–H and O–H groups in total. The van der Waals surface area contributed by atoms with Crippen molar-refractivity contribution < 1.29 is 0 Å². The van der Waals surface area contributed by atoms with Crippen LogP contribution in [0.2, 0.25) is 0 Å². The highest BCUT2D eigenvalue weighted by Gasteiger charge is 2.05. The SMILES string of the molecule is CC(C)c1nc(NCCCCN(C)C(C)C)cc(=O)[nH]1. The summed E-state index contributed by atoms with van der Waals surface area (Å²) in [7, 11) is 2.14. The molecule has 1 aromatic rings. The molecule has 1 heterocycles. The van der Waals surface area contributed by atoms with Crippen molar-refractivity contribution in [3.63, 3.8) is 0 Å². The Labute approximate surface area is 121 Å². The molecule has 0 unspecified atom stereocenters. The Balaban J connectivity index is 2.37. The molecule has 0 aliphatic heterocycles. The van der Waals surface area contributed by atoms with Gasteiger partial charge in [-0.3, -0.25) is 4.79 Å². The molecule has 0 aromatic carbocycles. The summed E-state index contributed by atoms with van der Waals surface area (Å²) in [6, 6.07) is 2.11. The first-order chi connectivity index (χ1) is 9.40. The van der Waals surface area contributed by atoms with Crippen LogP contribution >= 0.6 is 0 Å². The summed E-state index contributed by atoms with van der Waals surface area (Å²) in [6.07, 6.45) is 2.21. The average molecular weight is 280 g/mol. The predicted octanol–water partition coefficient (Wildman–Crippen LogP) is 2.43. The van der Waals surface area contributed by atoms with Crippen molar-refractivity contribution >= 4 is 5.82 Å². The Kier molecular flexibility index (Phi) is 6.71. The van der Waals surface area contributed by atoms with E-state index in [0.717, 1.165) is 31.8 Å². The normalized spacial score (nSPS) is 11.6. The van der Waals surface area contributed by atoms with E-state index in [1.54, 1.807) is 0 Å². The maximum Gasteiger partial charge on any atom is 0.252 e. The van der Waals surface area contributed by atoms with E-state index in [0.29, 0.717) is 11.9 Å². The molecule has 0 spiro atoms. The topological polar surface area (TPSA) is 61.0 Å². The maximum atomic E-state index is 11.5. The zero-order chi connectivity index (χ0) is 15.1. The molecule has 1 rings (SSSR count). The van der Waals surface area contributed by atoms with Crippen LogP contribution in [0, 0.1) is 0 Å². The third-order valence-electron chi connectivity index (χ3n) is 3.43. The molecular formula is C15H28N4O. The minimum Gasteiger partial charge on any atom is -0.370 e. The van der Waals surface area contributed by atoms with Crippen molar-refractivity contribution in [3.05, 3.63) is 22.2 Å². The van der Waals surface area contributed by atoms with Gasteiger partial charge in [0.15, 0.2) is 0 Å². The number of aromatic amines is 1. The zero-order valence-corrected chi connectivity index (χ0v) is 13.4. The maximum absolute atomic E-state index is 11.5. The Hall–Kier alpha value is -1.36. The summed E-state index contributed by atoms with van der Waals surface area (Å²) < 4.78 is 0. The van der Waals surface area contributed by atoms with Crippen LogP contribution in [0.3, 0.4) is 0 Å². The fourth-order valence-electron chi connectivity index (χ4n) is 1.80. The summed E-state index contributed by atoms with van der Waals surface area (Å²) in [4.78, 5) is 21.0. The summed E-state index contributed by atoms with van der Waals surface area (Å²) in [5, 5.41) is 3.23. The van der Waals surface area contributed by atoms with Gasteiger partial charge in [0.2, 0.25) is 0 Å². The predicted molar refractivity (Wildman–Crippen MR) is 84.4 cm³/mol. The molecule has 0 amide bonds. The zero-order valence-electron chi connectivity index (χ0n) is 13.4. The van der Waals surface area contributed by atoms with Gasteiger partial charge in [-0.1, -0.05) is 13.8 Å². The highest BCUT2D eigenvalue weighted by Crippen LogP contribution is 2.09. The van der Waals surface area contributed by atoms with Crippen LogP contribution < -0.4 is 10.9 Å². The first kappa shape index (κ1) is 16.7. The number of rotatable bonds is 8. The Morgan fingerprint density at radius 1 is 1.30 bits per heavy atom. The molecular weight excluding hydrogens is 252 g/mol. The van der Waals surface area contributed by atoms with Crippen molar-refractivity contribution in [2.75, 3.05) is 25.5 Å². The van der Waals surface area contributed by atoms with Gasteiger partial charge in [0.25, 0.3) is 5.56 Å². The molecule has 1 aromatic heterocycles. The van der Waals surface area contributed by atoms with Crippen LogP contribution in [-0.4, -0.2) is 41.0 Å². The van der Waals surface area contributed by atoms with Crippen LogP contribution in [0.4, 0.5) is 5.82 Å². The number of nitrogens with zero attached hydrogens (tertiary/aromatic N) is 2. The fourth-order valence-corrected chi connectivity index (χ4v) is 1.80. The molecule has 5 heteroatoms. The first-order valence-electron chi connectivity index (χ1n) is 7.45. The average Bonchev–Trinajstić information content (AvgIpc) is 2.37. The van der Waals surface area contributed by atoms with E-state index in [4.69, 9.17) is 0 Å². The second-order valence-corrected chi connectivity index (χ2v) is 5.88. The summed E-state index contributed by atoms with van der Waals surface area (Å²) in [5.41, 5.74) is -0.0919. The van der Waals surface area contributed by atoms with E-state index in [1.807, 2.05) is 13.8 Å². The first-order valence-corrected chi connectivity index (χ1v) is 7.45. The summed E-state index contributed by atoms with van der Waals surface area (Å²) in [6.45, 7) is 10.4. The van der Waals surface area contributed by atoms with E-state index in [1.165, 1.54) is 6.07 Å². The van der Waals surface area contributed by atoms with Crippen molar-refractivity contribution in [1.29, 1.82) is 0 Å². The number of nitrogens with one attached hydrogen (secondary N) is 2. The molecule has 0 saturated heterocycles. The largest absolute Gasteiger partial charge is 0.370 e. The number of anilines is 1. The van der Waals surface area contributed by atoms with Gasteiger partial charge >= 0.3 is 0 Å². The van der Waals surface area contributed by atoms with Crippen LogP contribution in [0.25, 0.3) is 0 Å². The van der Waals surface area contributed by atoms with E-state index in [2.05, 4.69) is 41.1 Å². The van der Waals surface area contributed by atoms with E-state index in [9.17, 15) is 4.79 Å². The number of hydrogen-bond donors (Lipinski definition) is 2. The lowest BCUT2D eigenvalue weighted by atomic mass is 10.2. The van der Waals surface area contributed by atoms with E-state index >= 15 is 0 Å². The Morgan fingerprint density at radius 3 is 2.60 bits per heavy atom. The quantitative estimate of drug-likeness (QED) is 0.718. The molecule has 5 nitrogen and oxygen atoms in total. The molecule has 0 radical (unpaired) electrons. The molecule has 0 atom stereocenters. The number of hydrogen-bond acceptors (Lipinski definition) is 4. The lowest BCUT2D eigenvalue weighted by Gasteiger charge is -2.20. The highest BCUT2D eigenvalue weighted by molar-refractivity contribution is 5.33. The summed E-state index contributed by atoms with van der Waals surface area (Å²) in [5.74, 6) is 1.64. The van der Waals surface area contributed by atoms with Gasteiger partial charge in [-0.15, -0.1) is 0 Å². The van der Waals surface area contributed by atoms with Crippen LogP contribution in [0.15, 0.2) is 10.9 Å². The van der Waals surface area contributed by atoms with Gasteiger partial charge in [0.05, 0.1) is 0 Å². The Morgan fingerprint density at radius 2 is 2.00 bits per heavy atom. The second kappa shape index (κ2) is 8.04. The summed E-state index contributed by atoms with van der Waals surface area (Å²) >= 11 is 0. The minimum atomic E-state index is -0.0919. The van der Waals surface area contributed by atoms with Gasteiger partial charge < -0.3 is 15.2 Å². The van der Waals surface area contributed by atoms with Gasteiger partial charge in [0, 0.05) is 24.6 Å². The molecule has 0 bridgehead atoms. The standard InChI is InChI=1S/C15H28N4O/c1-11(2)15-17-13(10-14(20)18-15)16-8-6-7-9-19(5)12(3)4/h10-12H,6-9H2,1-5H3,(H2,16,17,18,20). The van der Waals surface area contributed by atoms with Crippen molar-refractivity contribution in [3.8, 4) is 0 Å². The van der Waals surface area contributed by atoms with Crippen LogP contribution in [0.1, 0.15) is 52.3 Å². The smallest absolute Gasteiger partial charge is 0.252 e. The van der Waals surface area contributed by atoms with Gasteiger partial charge in [-0.05, 0) is 40.3 Å². The molecule has 0 aliphatic carbocycles. The Bertz CT molecular complexity index is 453. The van der Waals surface area contributed by atoms with E-state index in [-0.39, 0.29) is 11.5 Å². The highest BCUT2D eigenvalue weighted by atomic mass is 16.1. The van der Waals surface area contributed by atoms with Gasteiger partial charge in [-0.25, -0.2) is 4.98 Å². The second-order valence-electron chi connectivity index (χ2n) is 5.88. The third-order valence-corrected chi connectivity index (χ3v) is 3.43. The minimum absolute atomic E-state index is 0.0919. The van der Waals surface area contributed by atoms with Crippen LogP contribution in [-0.2, 0) is 0 Å². The van der Waals surface area contributed by atoms with Gasteiger partial charge in [0.1, 0.15) is 11.6 Å². The molecule has 114 valence electrons. The van der Waals surface area contributed by atoms with Crippen molar-refractivity contribution in [2.24, 2.45) is 0 Å². The number of unbranched alkanes of at least 4 members (excludes halogenated alkanes) is 1. The van der Waals surface area contributed by atoms with Crippen molar-refractivity contribution in [2.45, 2.75) is 52.5 Å². The monoisotopic (exact) mass is 280 g/mol. The number of H-pyrrole nitrogens is 1. The lowest BCUT2D eigenvalue weighted by molar-refractivity contribution is 0.269. The fraction of sp³-hybridized carbons (Fsp3) is 0.733. The number of aromatic nitrogens is 2. The molecule has 0 saturated carbocycles. The molecule has 0 fully saturated rings. The van der Waals surface area contributed by atoms with Gasteiger partial charge in [-0.2, -0.15) is 0 Å². The third kappa shape index (κ3) is 5.74. The molecule has 0 aliphatic rings. The molecule has 20 heavy (non-hydrogen) atoms. The van der Waals surface area contributed by atoms with Crippen LogP contribution in [0.5, 0.6) is 0 Å².